The summed E-state index contributed by atoms with van der Waals surface area (Å²) < 4.78 is 5.33. The Morgan fingerprint density at radius 1 is 1.32 bits per heavy atom. The zero-order valence-corrected chi connectivity index (χ0v) is 13.9. The number of amides is 2. The molecule has 0 saturated heterocycles. The lowest BCUT2D eigenvalue weighted by atomic mass is 10.1. The Hall–Kier alpha value is -3.02. The molecule has 0 fully saturated rings. The number of aryl methyl sites for hydroxylation is 1. The fourth-order valence-electron chi connectivity index (χ4n) is 2.74. The molecule has 2 aromatic rings. The molecule has 25 heavy (non-hydrogen) atoms. The molecule has 1 unspecified atom stereocenters. The Kier molecular flexibility index (Phi) is 4.88. The highest BCUT2D eigenvalue weighted by Gasteiger charge is 2.18. The highest BCUT2D eigenvalue weighted by molar-refractivity contribution is 5.95. The summed E-state index contributed by atoms with van der Waals surface area (Å²) in [6.45, 7) is 1.90. The highest BCUT2D eigenvalue weighted by Crippen LogP contribution is 2.30. The minimum Gasteiger partial charge on any atom is -0.508 e. The number of carbonyl (C=O) groups is 2. The van der Waals surface area contributed by atoms with E-state index in [0.29, 0.717) is 17.9 Å². The zero-order valence-electron chi connectivity index (χ0n) is 13.9. The Balaban J connectivity index is 1.59. The Labute approximate surface area is 145 Å². The molecular formula is C19H20N2O4. The molecule has 3 rings (SSSR count). The van der Waals surface area contributed by atoms with Gasteiger partial charge in [0.2, 0.25) is 5.91 Å². The van der Waals surface area contributed by atoms with Crippen LogP contribution in [0, 0.1) is 0 Å². The number of nitrogens with one attached hydrogen (secondary N) is 2. The van der Waals surface area contributed by atoms with E-state index >= 15 is 0 Å². The van der Waals surface area contributed by atoms with Gasteiger partial charge in [-0.3, -0.25) is 9.59 Å². The second kappa shape index (κ2) is 7.25. The normalized spacial score (nSPS) is 14.0. The minimum absolute atomic E-state index is 0.0188. The molecule has 130 valence electrons. The van der Waals surface area contributed by atoms with Crippen molar-refractivity contribution in [1.29, 1.82) is 0 Å². The van der Waals surface area contributed by atoms with Crippen molar-refractivity contribution in [1.82, 2.24) is 5.32 Å². The molecule has 2 amide bonds. The molecule has 1 aliphatic rings. The second-order valence-electron chi connectivity index (χ2n) is 6.01. The van der Waals surface area contributed by atoms with Gasteiger partial charge in [0.15, 0.2) is 6.61 Å². The molecule has 0 spiro atoms. The van der Waals surface area contributed by atoms with Crippen LogP contribution < -0.4 is 15.4 Å². The lowest BCUT2D eigenvalue weighted by Gasteiger charge is -2.21. The van der Waals surface area contributed by atoms with Crippen LogP contribution in [0.15, 0.2) is 42.5 Å². The first-order valence-corrected chi connectivity index (χ1v) is 8.16. The molecular weight excluding hydrogens is 320 g/mol. The molecule has 0 aliphatic carbocycles. The maximum Gasteiger partial charge on any atom is 0.262 e. The van der Waals surface area contributed by atoms with Gasteiger partial charge >= 0.3 is 0 Å². The van der Waals surface area contributed by atoms with E-state index in [1.54, 1.807) is 30.3 Å². The van der Waals surface area contributed by atoms with Gasteiger partial charge in [-0.15, -0.1) is 0 Å². The first-order chi connectivity index (χ1) is 12.0. The number of hydrogen-bond donors (Lipinski definition) is 3. The molecule has 6 heteroatoms. The lowest BCUT2D eigenvalue weighted by Crippen LogP contribution is -2.28. The maximum atomic E-state index is 12.2. The molecule has 6 nitrogen and oxygen atoms in total. The summed E-state index contributed by atoms with van der Waals surface area (Å²) in [5, 5.41) is 15.4. The monoisotopic (exact) mass is 340 g/mol. The topological polar surface area (TPSA) is 87.7 Å². The van der Waals surface area contributed by atoms with Gasteiger partial charge in [-0.2, -0.15) is 0 Å². The number of rotatable bonds is 5. The van der Waals surface area contributed by atoms with Crippen LogP contribution in [0.5, 0.6) is 11.5 Å². The molecule has 1 aliphatic heterocycles. The molecule has 1 atom stereocenters. The van der Waals surface area contributed by atoms with Crippen molar-refractivity contribution in [2.75, 3.05) is 11.9 Å². The van der Waals surface area contributed by atoms with Crippen LogP contribution in [-0.2, 0) is 16.0 Å². The van der Waals surface area contributed by atoms with Gasteiger partial charge in [-0.05, 0) is 42.7 Å². The number of phenolic OH excluding ortho intramolecular Hbond substituents is 1. The fourth-order valence-corrected chi connectivity index (χ4v) is 2.74. The number of ether oxygens (including phenoxy) is 1. The number of benzene rings is 2. The van der Waals surface area contributed by atoms with E-state index in [2.05, 4.69) is 10.6 Å². The predicted octanol–water partition coefficient (Wildman–Crippen LogP) is 2.53. The number of anilines is 1. The van der Waals surface area contributed by atoms with Crippen LogP contribution in [0.1, 0.15) is 30.5 Å². The quantitative estimate of drug-likeness (QED) is 0.780. The van der Waals surface area contributed by atoms with E-state index in [-0.39, 0.29) is 36.6 Å². The lowest BCUT2D eigenvalue weighted by molar-refractivity contribution is -0.121. The number of carbonyl (C=O) groups excluding carboxylic acids is 2. The third kappa shape index (κ3) is 4.09. The van der Waals surface area contributed by atoms with Crippen LogP contribution >= 0.6 is 0 Å². The van der Waals surface area contributed by atoms with Crippen LogP contribution in [0.25, 0.3) is 0 Å². The summed E-state index contributed by atoms with van der Waals surface area (Å²) in [7, 11) is 0. The Bertz CT molecular complexity index is 804. The molecule has 3 N–H and O–H groups in total. The third-order valence-corrected chi connectivity index (χ3v) is 4.13. The van der Waals surface area contributed by atoms with Crippen LogP contribution in [-0.4, -0.2) is 23.5 Å². The largest absolute Gasteiger partial charge is 0.508 e. The summed E-state index contributed by atoms with van der Waals surface area (Å²) in [6, 6.07) is 12.2. The van der Waals surface area contributed by atoms with Crippen LogP contribution in [0.4, 0.5) is 5.69 Å². The molecule has 0 saturated carbocycles. The van der Waals surface area contributed by atoms with Crippen LogP contribution in [0.2, 0.25) is 0 Å². The molecule has 0 aromatic heterocycles. The van der Waals surface area contributed by atoms with Gasteiger partial charge in [0.25, 0.3) is 5.91 Å². The number of fused-ring (bicyclic) bond motifs is 1. The van der Waals surface area contributed by atoms with Crippen molar-refractivity contribution < 1.29 is 19.4 Å². The van der Waals surface area contributed by atoms with Crippen molar-refractivity contribution in [2.24, 2.45) is 0 Å². The van der Waals surface area contributed by atoms with E-state index in [4.69, 9.17) is 4.74 Å². The van der Waals surface area contributed by atoms with Gasteiger partial charge in [0.05, 0.1) is 11.7 Å². The average molecular weight is 340 g/mol. The van der Waals surface area contributed by atoms with Crippen LogP contribution in [0.3, 0.4) is 0 Å². The van der Waals surface area contributed by atoms with Gasteiger partial charge in [0, 0.05) is 6.42 Å². The summed E-state index contributed by atoms with van der Waals surface area (Å²) in [5.74, 6) is 0.535. The highest BCUT2D eigenvalue weighted by atomic mass is 16.5. The van der Waals surface area contributed by atoms with Crippen molar-refractivity contribution in [3.8, 4) is 11.5 Å². The standard InChI is InChI=1S/C19H20N2O4/c1-12(14-6-8-17-15(10-14)21-19(24)11-25-17)20-18(23)9-7-13-4-2-3-5-16(13)22/h2-6,8,10,12,22H,7,9,11H2,1H3,(H,20,23)(H,21,24). The van der Waals surface area contributed by atoms with E-state index in [1.807, 2.05) is 19.1 Å². The fraction of sp³-hybridized carbons (Fsp3) is 0.263. The van der Waals surface area contributed by atoms with E-state index in [1.165, 1.54) is 0 Å². The number of para-hydroxylation sites is 1. The summed E-state index contributed by atoms with van der Waals surface area (Å²) in [5.41, 5.74) is 2.24. The summed E-state index contributed by atoms with van der Waals surface area (Å²) >= 11 is 0. The number of phenols is 1. The third-order valence-electron chi connectivity index (χ3n) is 4.13. The van der Waals surface area contributed by atoms with E-state index in [0.717, 1.165) is 11.1 Å². The SMILES string of the molecule is CC(NC(=O)CCc1ccccc1O)c1ccc2c(c1)NC(=O)CO2. The summed E-state index contributed by atoms with van der Waals surface area (Å²) in [4.78, 5) is 23.6. The average Bonchev–Trinajstić information content (AvgIpc) is 2.60. The Morgan fingerprint density at radius 3 is 2.92 bits per heavy atom. The smallest absolute Gasteiger partial charge is 0.262 e. The molecule has 0 radical (unpaired) electrons. The Morgan fingerprint density at radius 2 is 2.12 bits per heavy atom. The van der Waals surface area contributed by atoms with Gasteiger partial charge in [-0.25, -0.2) is 0 Å². The van der Waals surface area contributed by atoms with Crippen molar-refractivity contribution in [3.63, 3.8) is 0 Å². The first kappa shape index (κ1) is 16.8. The van der Waals surface area contributed by atoms with Gasteiger partial charge in [0.1, 0.15) is 11.5 Å². The number of hydrogen-bond acceptors (Lipinski definition) is 4. The van der Waals surface area contributed by atoms with Crippen molar-refractivity contribution in [2.45, 2.75) is 25.8 Å². The van der Waals surface area contributed by atoms with Crippen molar-refractivity contribution in [3.05, 3.63) is 53.6 Å². The van der Waals surface area contributed by atoms with Gasteiger partial charge in [-0.1, -0.05) is 24.3 Å². The van der Waals surface area contributed by atoms with Gasteiger partial charge < -0.3 is 20.5 Å². The molecule has 2 aromatic carbocycles. The predicted molar refractivity (Wildman–Crippen MR) is 93.6 cm³/mol. The molecule has 0 bridgehead atoms. The summed E-state index contributed by atoms with van der Waals surface area (Å²) in [6.07, 6.45) is 0.756. The van der Waals surface area contributed by atoms with E-state index in [9.17, 15) is 14.7 Å². The minimum atomic E-state index is -0.207. The second-order valence-corrected chi connectivity index (χ2v) is 6.01. The molecule has 1 heterocycles. The van der Waals surface area contributed by atoms with E-state index < -0.39 is 0 Å². The first-order valence-electron chi connectivity index (χ1n) is 8.16. The van der Waals surface area contributed by atoms with Crippen molar-refractivity contribution >= 4 is 17.5 Å². The number of aromatic hydroxyl groups is 1. The maximum absolute atomic E-state index is 12.2. The zero-order chi connectivity index (χ0) is 17.8.